The number of nitrogens with one attached hydrogen (secondary N) is 1. The molecule has 3 rings (SSSR count). The van der Waals surface area contributed by atoms with Crippen LogP contribution in [-0.2, 0) is 0 Å². The molecule has 0 unspecified atom stereocenters. The van der Waals surface area contributed by atoms with Crippen molar-refractivity contribution < 1.29 is 9.85 Å². The Hall–Kier alpha value is -3.00. The third-order valence-corrected chi connectivity index (χ3v) is 3.56. The maximum Gasteiger partial charge on any atom is 0.288 e. The predicted octanol–water partition coefficient (Wildman–Crippen LogP) is 3.15. The SMILES string of the molecule is O=c1c2cc([N+](=O)[O-])ccc2[nH]c2cc(Cl)c([N+](=O)[O-])cc12. The van der Waals surface area contributed by atoms with Crippen LogP contribution in [0.4, 0.5) is 11.4 Å². The first kappa shape index (κ1) is 14.0. The van der Waals surface area contributed by atoms with Crippen molar-refractivity contribution in [1.29, 1.82) is 0 Å². The molecule has 0 aliphatic heterocycles. The lowest BCUT2D eigenvalue weighted by molar-refractivity contribution is -0.384. The number of aromatic nitrogens is 1. The first-order valence-corrected chi connectivity index (χ1v) is 6.34. The molecule has 0 spiro atoms. The van der Waals surface area contributed by atoms with E-state index in [2.05, 4.69) is 4.98 Å². The number of non-ortho nitro benzene ring substituents is 1. The molecule has 0 saturated carbocycles. The Morgan fingerprint density at radius 2 is 1.64 bits per heavy atom. The van der Waals surface area contributed by atoms with Crippen molar-refractivity contribution in [3.8, 4) is 0 Å². The van der Waals surface area contributed by atoms with Gasteiger partial charge in [0.15, 0.2) is 5.43 Å². The monoisotopic (exact) mass is 319 g/mol. The molecule has 0 amide bonds. The zero-order valence-electron chi connectivity index (χ0n) is 10.7. The van der Waals surface area contributed by atoms with Crippen LogP contribution >= 0.6 is 11.6 Å². The van der Waals surface area contributed by atoms with Crippen molar-refractivity contribution in [3.05, 3.63) is 65.8 Å². The van der Waals surface area contributed by atoms with Gasteiger partial charge in [-0.3, -0.25) is 25.0 Å². The summed E-state index contributed by atoms with van der Waals surface area (Å²) in [6, 6.07) is 6.15. The van der Waals surface area contributed by atoms with Gasteiger partial charge in [0.05, 0.1) is 31.7 Å². The number of rotatable bonds is 2. The van der Waals surface area contributed by atoms with E-state index in [1.54, 1.807) is 0 Å². The number of aromatic amines is 1. The Kier molecular flexibility index (Phi) is 3.03. The van der Waals surface area contributed by atoms with E-state index in [1.165, 1.54) is 18.2 Å². The molecular formula is C13H6ClN3O5. The average molecular weight is 320 g/mol. The summed E-state index contributed by atoms with van der Waals surface area (Å²) in [7, 11) is 0. The van der Waals surface area contributed by atoms with E-state index in [0.29, 0.717) is 11.0 Å². The molecule has 22 heavy (non-hydrogen) atoms. The van der Waals surface area contributed by atoms with Crippen LogP contribution in [0.2, 0.25) is 5.02 Å². The fourth-order valence-corrected chi connectivity index (χ4v) is 2.46. The molecule has 0 fully saturated rings. The maximum atomic E-state index is 12.4. The molecule has 8 nitrogen and oxygen atoms in total. The first-order chi connectivity index (χ1) is 10.4. The van der Waals surface area contributed by atoms with Gasteiger partial charge >= 0.3 is 0 Å². The number of nitro groups is 2. The van der Waals surface area contributed by atoms with Crippen molar-refractivity contribution in [2.24, 2.45) is 0 Å². The summed E-state index contributed by atoms with van der Waals surface area (Å²) in [6.07, 6.45) is 0. The minimum Gasteiger partial charge on any atom is -0.354 e. The predicted molar refractivity (Wildman–Crippen MR) is 80.4 cm³/mol. The van der Waals surface area contributed by atoms with Crippen molar-refractivity contribution in [2.45, 2.75) is 0 Å². The molecule has 1 aromatic heterocycles. The lowest BCUT2D eigenvalue weighted by Gasteiger charge is -2.04. The van der Waals surface area contributed by atoms with E-state index in [4.69, 9.17) is 11.6 Å². The van der Waals surface area contributed by atoms with E-state index < -0.39 is 21.0 Å². The molecule has 1 heterocycles. The van der Waals surface area contributed by atoms with Gasteiger partial charge in [0.25, 0.3) is 11.4 Å². The Balaban J connectivity index is 2.45. The highest BCUT2D eigenvalue weighted by molar-refractivity contribution is 6.33. The highest BCUT2D eigenvalue weighted by Gasteiger charge is 2.17. The smallest absolute Gasteiger partial charge is 0.288 e. The van der Waals surface area contributed by atoms with Crippen LogP contribution in [0, 0.1) is 20.2 Å². The molecule has 0 atom stereocenters. The van der Waals surface area contributed by atoms with Crippen LogP contribution in [0.5, 0.6) is 0 Å². The molecule has 3 aromatic rings. The average Bonchev–Trinajstić information content (AvgIpc) is 2.46. The van der Waals surface area contributed by atoms with E-state index in [1.807, 2.05) is 0 Å². The maximum absolute atomic E-state index is 12.4. The number of hydrogen-bond acceptors (Lipinski definition) is 5. The van der Waals surface area contributed by atoms with Crippen LogP contribution in [0.15, 0.2) is 35.1 Å². The Morgan fingerprint density at radius 1 is 0.955 bits per heavy atom. The Labute approximate surface area is 126 Å². The van der Waals surface area contributed by atoms with Gasteiger partial charge in [0.2, 0.25) is 0 Å². The van der Waals surface area contributed by atoms with Gasteiger partial charge in [-0.15, -0.1) is 0 Å². The van der Waals surface area contributed by atoms with Gasteiger partial charge in [-0.2, -0.15) is 0 Å². The Morgan fingerprint density at radius 3 is 2.27 bits per heavy atom. The lowest BCUT2D eigenvalue weighted by atomic mass is 10.1. The zero-order valence-corrected chi connectivity index (χ0v) is 11.5. The third-order valence-electron chi connectivity index (χ3n) is 3.26. The van der Waals surface area contributed by atoms with Gasteiger partial charge in [-0.05, 0) is 12.1 Å². The molecule has 1 N–H and O–H groups in total. The number of hydrogen-bond donors (Lipinski definition) is 1. The van der Waals surface area contributed by atoms with E-state index in [-0.39, 0.29) is 21.5 Å². The van der Waals surface area contributed by atoms with Crippen molar-refractivity contribution >= 4 is 44.8 Å². The zero-order chi connectivity index (χ0) is 16.0. The second-order valence-corrected chi connectivity index (χ2v) is 4.95. The number of H-pyrrole nitrogens is 1. The molecule has 9 heteroatoms. The number of fused-ring (bicyclic) bond motifs is 2. The summed E-state index contributed by atoms with van der Waals surface area (Å²) in [5.41, 5.74) is -0.465. The van der Waals surface area contributed by atoms with Gasteiger partial charge in [-0.1, -0.05) is 11.6 Å². The third kappa shape index (κ3) is 2.06. The fourth-order valence-electron chi connectivity index (χ4n) is 2.23. The summed E-state index contributed by atoms with van der Waals surface area (Å²) in [5, 5.41) is 21.7. The molecular weight excluding hydrogens is 314 g/mol. The summed E-state index contributed by atoms with van der Waals surface area (Å²) in [5.74, 6) is 0. The highest BCUT2D eigenvalue weighted by atomic mass is 35.5. The molecule has 0 saturated heterocycles. The molecule has 0 aliphatic rings. The first-order valence-electron chi connectivity index (χ1n) is 5.96. The quantitative estimate of drug-likeness (QED) is 0.442. The van der Waals surface area contributed by atoms with E-state index in [9.17, 15) is 25.0 Å². The van der Waals surface area contributed by atoms with E-state index >= 15 is 0 Å². The summed E-state index contributed by atoms with van der Waals surface area (Å²) >= 11 is 5.82. The number of nitrogens with zero attached hydrogens (tertiary/aromatic N) is 2. The number of halogens is 1. The van der Waals surface area contributed by atoms with E-state index in [0.717, 1.165) is 12.1 Å². The van der Waals surface area contributed by atoms with Crippen molar-refractivity contribution in [2.75, 3.05) is 0 Å². The van der Waals surface area contributed by atoms with Crippen LogP contribution in [0.3, 0.4) is 0 Å². The summed E-state index contributed by atoms with van der Waals surface area (Å²) in [4.78, 5) is 35.7. The van der Waals surface area contributed by atoms with Crippen molar-refractivity contribution in [3.63, 3.8) is 0 Å². The normalized spacial score (nSPS) is 11.0. The largest absolute Gasteiger partial charge is 0.354 e. The standard InChI is InChI=1S/C13H6ClN3O5/c14-9-5-11-8(4-12(9)17(21)22)13(18)7-3-6(16(19)20)1-2-10(7)15-11/h1-5H,(H,15,18). The highest BCUT2D eigenvalue weighted by Crippen LogP contribution is 2.29. The van der Waals surface area contributed by atoms with Gasteiger partial charge < -0.3 is 4.98 Å². The second kappa shape index (κ2) is 4.78. The van der Waals surface area contributed by atoms with Gasteiger partial charge in [-0.25, -0.2) is 0 Å². The van der Waals surface area contributed by atoms with Crippen molar-refractivity contribution in [1.82, 2.24) is 4.98 Å². The Bertz CT molecular complexity index is 1030. The molecule has 110 valence electrons. The lowest BCUT2D eigenvalue weighted by Crippen LogP contribution is -2.05. The number of nitro benzene ring substituents is 2. The van der Waals surface area contributed by atoms with Crippen LogP contribution in [-0.4, -0.2) is 14.8 Å². The van der Waals surface area contributed by atoms with Gasteiger partial charge in [0.1, 0.15) is 5.02 Å². The fraction of sp³-hybridized carbons (Fsp3) is 0. The molecule has 0 radical (unpaired) electrons. The minimum atomic E-state index is -0.696. The topological polar surface area (TPSA) is 119 Å². The minimum absolute atomic E-state index is 0.0455. The summed E-state index contributed by atoms with van der Waals surface area (Å²) in [6.45, 7) is 0. The van der Waals surface area contributed by atoms with Crippen LogP contribution in [0.1, 0.15) is 0 Å². The number of pyridine rings is 1. The molecule has 0 aliphatic carbocycles. The molecule has 0 bridgehead atoms. The van der Waals surface area contributed by atoms with Crippen LogP contribution in [0.25, 0.3) is 21.8 Å². The molecule has 2 aromatic carbocycles. The van der Waals surface area contributed by atoms with Gasteiger partial charge in [0, 0.05) is 18.2 Å². The second-order valence-electron chi connectivity index (χ2n) is 4.55. The number of benzene rings is 2. The van der Waals surface area contributed by atoms with Crippen LogP contribution < -0.4 is 5.43 Å². The summed E-state index contributed by atoms with van der Waals surface area (Å²) < 4.78 is 0.